The minimum absolute atomic E-state index is 0.280. The summed E-state index contributed by atoms with van der Waals surface area (Å²) in [5.74, 6) is -14.8. The average molecular weight is 561 g/mol. The topological polar surface area (TPSA) is 37.4 Å². The summed E-state index contributed by atoms with van der Waals surface area (Å²) in [6.07, 6.45) is -7.32. The molecular formula is C19H14F11NO2S2. The number of rotatable bonds is 8. The molecule has 0 aromatic heterocycles. The van der Waals surface area contributed by atoms with Crippen molar-refractivity contribution in [2.75, 3.05) is 7.05 Å². The first kappa shape index (κ1) is 29.2. The smallest absolute Gasteiger partial charge is 0.205 e. The molecule has 3 nitrogen and oxygen atoms in total. The van der Waals surface area contributed by atoms with E-state index in [1.165, 1.54) is 0 Å². The van der Waals surface area contributed by atoms with Crippen LogP contribution in [0.3, 0.4) is 0 Å². The Bertz CT molecular complexity index is 1150. The molecule has 0 spiro atoms. The van der Waals surface area contributed by atoms with E-state index in [0.717, 1.165) is 17.7 Å². The molecular weight excluding hydrogens is 547 g/mol. The summed E-state index contributed by atoms with van der Waals surface area (Å²) in [5.41, 5.74) is 0.205. The molecule has 0 N–H and O–H groups in total. The van der Waals surface area contributed by atoms with Crippen molar-refractivity contribution in [3.05, 3.63) is 59.7 Å². The first-order valence-corrected chi connectivity index (χ1v) is 11.1. The minimum atomic E-state index is -7.63. The van der Waals surface area contributed by atoms with Crippen molar-refractivity contribution < 1.29 is 56.7 Å². The van der Waals surface area contributed by atoms with Gasteiger partial charge in [0.05, 0.1) is 0 Å². The summed E-state index contributed by atoms with van der Waals surface area (Å²) in [4.78, 5) is 0. The van der Waals surface area contributed by atoms with Gasteiger partial charge in [-0.15, -0.1) is 4.31 Å². The predicted molar refractivity (Wildman–Crippen MR) is 106 cm³/mol. The fourth-order valence-corrected chi connectivity index (χ4v) is 4.11. The molecule has 0 fully saturated rings. The van der Waals surface area contributed by atoms with Gasteiger partial charge in [-0.1, -0.05) is 48.5 Å². The number of benzene rings is 2. The van der Waals surface area contributed by atoms with E-state index in [1.807, 2.05) is 0 Å². The molecule has 0 bridgehead atoms. The van der Waals surface area contributed by atoms with Gasteiger partial charge in [0.15, 0.2) is 0 Å². The SMILES string of the molecule is CN(C(F)(F)c1ccc(-c2ccc(CS)cc2)cc1)S(=O)(=O)C(F)(F)C(F)(F)C(F)(F)C(F)(F)F. The van der Waals surface area contributed by atoms with Gasteiger partial charge in [0.2, 0.25) is 0 Å². The van der Waals surface area contributed by atoms with E-state index in [0.29, 0.717) is 23.4 Å². The van der Waals surface area contributed by atoms with E-state index in [2.05, 4.69) is 12.6 Å². The lowest BCUT2D eigenvalue weighted by Gasteiger charge is -2.36. The molecule has 35 heavy (non-hydrogen) atoms. The summed E-state index contributed by atoms with van der Waals surface area (Å²) in [7, 11) is -7.87. The molecule has 0 heterocycles. The highest BCUT2D eigenvalue weighted by Gasteiger charge is 2.86. The lowest BCUT2D eigenvalue weighted by atomic mass is 10.0. The molecule has 0 aliphatic carbocycles. The summed E-state index contributed by atoms with van der Waals surface area (Å²) in [6.45, 7) is 0. The zero-order valence-electron chi connectivity index (χ0n) is 17.1. The molecule has 0 saturated heterocycles. The van der Waals surface area contributed by atoms with Crippen LogP contribution in [0.1, 0.15) is 11.1 Å². The number of alkyl halides is 11. The van der Waals surface area contributed by atoms with Crippen LogP contribution in [0.15, 0.2) is 48.5 Å². The minimum Gasteiger partial charge on any atom is -0.205 e. The zero-order chi connectivity index (χ0) is 27.3. The second kappa shape index (κ2) is 9.10. The van der Waals surface area contributed by atoms with Crippen LogP contribution in [0.25, 0.3) is 11.1 Å². The van der Waals surface area contributed by atoms with Crippen molar-refractivity contribution in [3.63, 3.8) is 0 Å². The van der Waals surface area contributed by atoms with Crippen LogP contribution in [0, 0.1) is 0 Å². The van der Waals surface area contributed by atoms with Crippen molar-refractivity contribution in [1.82, 2.24) is 4.31 Å². The Labute approximate surface area is 197 Å². The van der Waals surface area contributed by atoms with Crippen molar-refractivity contribution in [1.29, 1.82) is 0 Å². The van der Waals surface area contributed by atoms with Crippen LogP contribution < -0.4 is 0 Å². The molecule has 2 rings (SSSR count). The molecule has 0 unspecified atom stereocenters. The Morgan fingerprint density at radius 3 is 1.49 bits per heavy atom. The van der Waals surface area contributed by atoms with Gasteiger partial charge in [-0.3, -0.25) is 0 Å². The third kappa shape index (κ3) is 4.71. The third-order valence-corrected chi connectivity index (χ3v) is 7.12. The normalized spacial score (nSPS) is 14.5. The molecule has 0 amide bonds. The maximum atomic E-state index is 14.7. The summed E-state index contributed by atoms with van der Waals surface area (Å²) < 4.78 is 169. The molecule has 0 radical (unpaired) electrons. The van der Waals surface area contributed by atoms with Gasteiger partial charge in [0.25, 0.3) is 10.0 Å². The highest BCUT2D eigenvalue weighted by molar-refractivity contribution is 7.90. The van der Waals surface area contributed by atoms with E-state index in [1.54, 1.807) is 24.3 Å². The quantitative estimate of drug-likeness (QED) is 0.227. The number of hydrogen-bond donors (Lipinski definition) is 1. The Morgan fingerprint density at radius 1 is 0.714 bits per heavy atom. The van der Waals surface area contributed by atoms with E-state index >= 15 is 0 Å². The largest absolute Gasteiger partial charge is 0.460 e. The number of halogens is 11. The van der Waals surface area contributed by atoms with Crippen molar-refractivity contribution in [2.45, 2.75) is 35.1 Å². The fraction of sp³-hybridized carbons (Fsp3) is 0.368. The van der Waals surface area contributed by atoms with Crippen LogP contribution in [0.5, 0.6) is 0 Å². The second-order valence-electron chi connectivity index (χ2n) is 7.11. The van der Waals surface area contributed by atoms with Gasteiger partial charge in [0, 0.05) is 18.4 Å². The van der Waals surface area contributed by atoms with Crippen molar-refractivity contribution in [2.24, 2.45) is 0 Å². The van der Waals surface area contributed by atoms with Crippen LogP contribution in [-0.2, 0) is 21.8 Å². The molecule has 16 heteroatoms. The molecule has 2 aromatic rings. The van der Waals surface area contributed by atoms with Crippen LogP contribution >= 0.6 is 12.6 Å². The van der Waals surface area contributed by atoms with Crippen molar-refractivity contribution in [3.8, 4) is 11.1 Å². The standard InChI is InChI=1S/C19H14F11NO2S2/c1-31(35(32,33)19(29,30)17(24,25)16(22,23)18(26,27)28)15(20,21)14-8-6-13(7-9-14)12-4-2-11(10-34)3-5-12/h2-9,34H,10H2,1H3. The van der Waals surface area contributed by atoms with E-state index in [4.69, 9.17) is 0 Å². The maximum absolute atomic E-state index is 14.7. The number of thiol groups is 1. The van der Waals surface area contributed by atoms with Crippen LogP contribution in [0.4, 0.5) is 48.3 Å². The molecule has 0 saturated carbocycles. The van der Waals surface area contributed by atoms with E-state index in [-0.39, 0.29) is 12.6 Å². The Kier molecular flexibility index (Phi) is 7.58. The van der Waals surface area contributed by atoms with Crippen LogP contribution in [0.2, 0.25) is 0 Å². The lowest BCUT2D eigenvalue weighted by molar-refractivity contribution is -0.382. The molecule has 0 aliphatic heterocycles. The van der Waals surface area contributed by atoms with E-state index < -0.39 is 49.2 Å². The maximum Gasteiger partial charge on any atom is 0.460 e. The fourth-order valence-electron chi connectivity index (χ4n) is 2.69. The van der Waals surface area contributed by atoms with Gasteiger partial charge in [-0.05, 0) is 16.7 Å². The highest BCUT2D eigenvalue weighted by atomic mass is 32.2. The molecule has 0 aliphatic rings. The summed E-state index contributed by atoms with van der Waals surface area (Å²) in [6, 6.07) is 4.42. The van der Waals surface area contributed by atoms with Gasteiger partial charge in [-0.25, -0.2) is 8.42 Å². The Morgan fingerprint density at radius 2 is 1.11 bits per heavy atom. The third-order valence-electron chi connectivity index (χ3n) is 4.90. The average Bonchev–Trinajstić information content (AvgIpc) is 2.77. The number of hydrogen-bond acceptors (Lipinski definition) is 3. The first-order chi connectivity index (χ1) is 15.7. The van der Waals surface area contributed by atoms with E-state index in [9.17, 15) is 56.7 Å². The number of nitrogens with zero attached hydrogens (tertiary/aromatic N) is 1. The first-order valence-electron chi connectivity index (χ1n) is 9.03. The zero-order valence-corrected chi connectivity index (χ0v) is 18.8. The lowest BCUT2D eigenvalue weighted by Crippen LogP contribution is -2.65. The predicted octanol–water partition coefficient (Wildman–Crippen LogP) is 6.52. The van der Waals surface area contributed by atoms with Gasteiger partial charge < -0.3 is 0 Å². The molecule has 196 valence electrons. The highest BCUT2D eigenvalue weighted by Crippen LogP contribution is 2.56. The molecule has 2 aromatic carbocycles. The summed E-state index contributed by atoms with van der Waals surface area (Å²) >= 11 is 4.05. The monoisotopic (exact) mass is 561 g/mol. The Balaban J connectivity index is 2.45. The van der Waals surface area contributed by atoms with Gasteiger partial charge in [-0.2, -0.15) is 60.9 Å². The molecule has 0 atom stereocenters. The Hall–Kier alpha value is -2.07. The number of sulfonamides is 1. The summed E-state index contributed by atoms with van der Waals surface area (Å²) in [5, 5.41) is -7.29. The van der Waals surface area contributed by atoms with Gasteiger partial charge in [0.1, 0.15) is 0 Å². The van der Waals surface area contributed by atoms with Gasteiger partial charge >= 0.3 is 29.3 Å². The second-order valence-corrected chi connectivity index (χ2v) is 9.44. The van der Waals surface area contributed by atoms with Crippen LogP contribution in [-0.4, -0.2) is 43.0 Å². The van der Waals surface area contributed by atoms with Crippen molar-refractivity contribution >= 4 is 22.7 Å².